The Labute approximate surface area is 88.6 Å². The molecule has 0 atom stereocenters. The van der Waals surface area contributed by atoms with Crippen LogP contribution >= 0.6 is 0 Å². The van der Waals surface area contributed by atoms with Crippen LogP contribution in [0.4, 0.5) is 13.2 Å². The van der Waals surface area contributed by atoms with Gasteiger partial charge in [0.1, 0.15) is 0 Å². The smallest absolute Gasteiger partial charge is 0.389 e. The van der Waals surface area contributed by atoms with Crippen LogP contribution < -0.4 is 4.74 Å². The molecular formula is C9H9F3O4. The lowest BCUT2D eigenvalue weighted by Gasteiger charge is -2.05. The fraction of sp³-hybridized carbons (Fsp3) is 0.444. The molecule has 1 aromatic heterocycles. The van der Waals surface area contributed by atoms with Crippen LogP contribution in [-0.2, 0) is 0 Å². The third-order valence-corrected chi connectivity index (χ3v) is 1.64. The van der Waals surface area contributed by atoms with Crippen LogP contribution in [0.3, 0.4) is 0 Å². The zero-order valence-electron chi connectivity index (χ0n) is 8.08. The average molecular weight is 238 g/mol. The number of furan rings is 1. The van der Waals surface area contributed by atoms with E-state index in [0.717, 1.165) is 0 Å². The van der Waals surface area contributed by atoms with E-state index in [4.69, 9.17) is 9.84 Å². The molecular weight excluding hydrogens is 229 g/mol. The fourth-order valence-corrected chi connectivity index (χ4v) is 0.958. The SMILES string of the molecule is O=C(O)c1ccc(OCCCC(F)(F)F)o1. The molecule has 0 amide bonds. The zero-order valence-corrected chi connectivity index (χ0v) is 8.08. The number of hydrogen-bond acceptors (Lipinski definition) is 3. The summed E-state index contributed by atoms with van der Waals surface area (Å²) >= 11 is 0. The van der Waals surface area contributed by atoms with Gasteiger partial charge in [-0.2, -0.15) is 13.2 Å². The van der Waals surface area contributed by atoms with Crippen LogP contribution in [0.5, 0.6) is 5.95 Å². The van der Waals surface area contributed by atoms with Gasteiger partial charge in [-0.05, 0) is 12.5 Å². The number of rotatable bonds is 5. The number of aromatic carboxylic acids is 1. The average Bonchev–Trinajstić information content (AvgIpc) is 2.59. The van der Waals surface area contributed by atoms with Gasteiger partial charge < -0.3 is 14.3 Å². The van der Waals surface area contributed by atoms with Crippen LogP contribution in [0.25, 0.3) is 0 Å². The summed E-state index contributed by atoms with van der Waals surface area (Å²) in [7, 11) is 0. The van der Waals surface area contributed by atoms with Crippen LogP contribution in [-0.4, -0.2) is 23.9 Å². The van der Waals surface area contributed by atoms with E-state index in [0.29, 0.717) is 0 Å². The van der Waals surface area contributed by atoms with Crippen molar-refractivity contribution in [2.24, 2.45) is 0 Å². The molecule has 0 aliphatic rings. The Morgan fingerprint density at radius 1 is 1.44 bits per heavy atom. The van der Waals surface area contributed by atoms with Crippen molar-refractivity contribution in [3.05, 3.63) is 17.9 Å². The first-order valence-corrected chi connectivity index (χ1v) is 4.41. The molecule has 0 aliphatic carbocycles. The number of carboxylic acids is 1. The van der Waals surface area contributed by atoms with Crippen LogP contribution in [0.2, 0.25) is 0 Å². The van der Waals surface area contributed by atoms with E-state index in [1.54, 1.807) is 0 Å². The highest BCUT2D eigenvalue weighted by Gasteiger charge is 2.26. The maximum Gasteiger partial charge on any atom is 0.389 e. The summed E-state index contributed by atoms with van der Waals surface area (Å²) < 4.78 is 44.7. The number of ether oxygens (including phenoxy) is 1. The van der Waals surface area contributed by atoms with Crippen LogP contribution in [0.1, 0.15) is 23.4 Å². The van der Waals surface area contributed by atoms with Crippen molar-refractivity contribution < 1.29 is 32.2 Å². The Morgan fingerprint density at radius 2 is 2.12 bits per heavy atom. The first-order valence-electron chi connectivity index (χ1n) is 4.41. The number of hydrogen-bond donors (Lipinski definition) is 1. The molecule has 7 heteroatoms. The number of halogens is 3. The van der Waals surface area contributed by atoms with E-state index in [2.05, 4.69) is 4.42 Å². The summed E-state index contributed by atoms with van der Waals surface area (Å²) in [6, 6.07) is 2.42. The Morgan fingerprint density at radius 3 is 2.62 bits per heavy atom. The Hall–Kier alpha value is -1.66. The molecule has 1 N–H and O–H groups in total. The van der Waals surface area contributed by atoms with Crippen LogP contribution in [0, 0.1) is 0 Å². The molecule has 0 aliphatic heterocycles. The van der Waals surface area contributed by atoms with Crippen LogP contribution in [0.15, 0.2) is 16.5 Å². The monoisotopic (exact) mass is 238 g/mol. The van der Waals surface area contributed by atoms with Crippen molar-refractivity contribution in [2.75, 3.05) is 6.61 Å². The minimum atomic E-state index is -4.21. The quantitative estimate of drug-likeness (QED) is 0.801. The highest BCUT2D eigenvalue weighted by Crippen LogP contribution is 2.22. The van der Waals surface area contributed by atoms with Crippen molar-refractivity contribution in [3.63, 3.8) is 0 Å². The molecule has 16 heavy (non-hydrogen) atoms. The van der Waals surface area contributed by atoms with Crippen molar-refractivity contribution >= 4 is 5.97 Å². The van der Waals surface area contributed by atoms with Gasteiger partial charge in [0.15, 0.2) is 0 Å². The van der Waals surface area contributed by atoms with Gasteiger partial charge in [0.05, 0.1) is 6.61 Å². The van der Waals surface area contributed by atoms with Crippen molar-refractivity contribution in [1.29, 1.82) is 0 Å². The summed E-state index contributed by atoms with van der Waals surface area (Å²) in [4.78, 5) is 10.4. The fourth-order valence-electron chi connectivity index (χ4n) is 0.958. The van der Waals surface area contributed by atoms with Crippen molar-refractivity contribution in [1.82, 2.24) is 0 Å². The van der Waals surface area contributed by atoms with E-state index in [1.807, 2.05) is 0 Å². The maximum absolute atomic E-state index is 11.7. The van der Waals surface area contributed by atoms with E-state index >= 15 is 0 Å². The Balaban J connectivity index is 2.30. The third kappa shape index (κ3) is 4.24. The summed E-state index contributed by atoms with van der Waals surface area (Å²) in [6.45, 7) is -0.175. The molecule has 4 nitrogen and oxygen atoms in total. The van der Waals surface area contributed by atoms with E-state index < -0.39 is 18.6 Å². The van der Waals surface area contributed by atoms with E-state index in [-0.39, 0.29) is 24.7 Å². The second kappa shape index (κ2) is 4.91. The zero-order chi connectivity index (χ0) is 12.2. The molecule has 0 saturated carbocycles. The molecule has 0 spiro atoms. The predicted molar refractivity (Wildman–Crippen MR) is 46.5 cm³/mol. The lowest BCUT2D eigenvalue weighted by atomic mass is 10.3. The first kappa shape index (κ1) is 12.4. The lowest BCUT2D eigenvalue weighted by molar-refractivity contribution is -0.136. The Kier molecular flexibility index (Phi) is 3.81. The van der Waals surface area contributed by atoms with Crippen molar-refractivity contribution in [2.45, 2.75) is 19.0 Å². The first-order chi connectivity index (χ1) is 7.38. The van der Waals surface area contributed by atoms with Gasteiger partial charge >= 0.3 is 12.1 Å². The maximum atomic E-state index is 11.7. The van der Waals surface area contributed by atoms with E-state index in [1.165, 1.54) is 12.1 Å². The third-order valence-electron chi connectivity index (χ3n) is 1.64. The van der Waals surface area contributed by atoms with Gasteiger partial charge in [-0.1, -0.05) is 0 Å². The lowest BCUT2D eigenvalue weighted by Crippen LogP contribution is -2.09. The van der Waals surface area contributed by atoms with E-state index in [9.17, 15) is 18.0 Å². The van der Waals surface area contributed by atoms with Gasteiger partial charge in [0.2, 0.25) is 5.76 Å². The summed E-state index contributed by atoms with van der Waals surface area (Å²) in [6.07, 6.45) is -5.36. The summed E-state index contributed by atoms with van der Waals surface area (Å²) in [5.41, 5.74) is 0. The van der Waals surface area contributed by atoms with Crippen molar-refractivity contribution in [3.8, 4) is 5.95 Å². The topological polar surface area (TPSA) is 59.7 Å². The van der Waals surface area contributed by atoms with Gasteiger partial charge in [-0.25, -0.2) is 4.79 Å². The van der Waals surface area contributed by atoms with Gasteiger partial charge in [-0.3, -0.25) is 0 Å². The standard InChI is InChI=1S/C9H9F3O4/c10-9(11,12)4-1-5-15-7-3-2-6(16-7)8(13)14/h2-3H,1,4-5H2,(H,13,14). The summed E-state index contributed by atoms with van der Waals surface area (Å²) in [5.74, 6) is -1.67. The molecule has 0 bridgehead atoms. The normalized spacial score (nSPS) is 11.4. The molecule has 90 valence electrons. The summed E-state index contributed by atoms with van der Waals surface area (Å²) in [5, 5.41) is 8.48. The number of carbonyl (C=O) groups is 1. The molecule has 0 radical (unpaired) electrons. The second-order valence-corrected chi connectivity index (χ2v) is 2.99. The molecule has 0 fully saturated rings. The second-order valence-electron chi connectivity index (χ2n) is 2.99. The Bertz CT molecular complexity index is 356. The van der Waals surface area contributed by atoms with Gasteiger partial charge in [0, 0.05) is 12.5 Å². The van der Waals surface area contributed by atoms with Gasteiger partial charge in [-0.15, -0.1) is 0 Å². The molecule has 1 rings (SSSR count). The van der Waals surface area contributed by atoms with Gasteiger partial charge in [0.25, 0.3) is 5.95 Å². The highest BCUT2D eigenvalue weighted by atomic mass is 19.4. The molecule has 0 saturated heterocycles. The number of carboxylic acid groups (broad SMARTS) is 1. The predicted octanol–water partition coefficient (Wildman–Crippen LogP) is 2.70. The number of alkyl halides is 3. The molecule has 1 heterocycles. The minimum Gasteiger partial charge on any atom is -0.475 e. The largest absolute Gasteiger partial charge is 0.475 e. The molecule has 1 aromatic rings. The highest BCUT2D eigenvalue weighted by molar-refractivity contribution is 5.84. The minimum absolute atomic E-state index is 0.0976. The molecule has 0 aromatic carbocycles. The molecule has 0 unspecified atom stereocenters.